The number of hydrogen-bond acceptors (Lipinski definition) is 7. The molecule has 8 nitrogen and oxygen atoms in total. The van der Waals surface area contributed by atoms with Gasteiger partial charge in [-0.1, -0.05) is 24.3 Å². The van der Waals surface area contributed by atoms with Crippen LogP contribution in [0.4, 0.5) is 5.82 Å². The number of ether oxygens (including phenoxy) is 3. The van der Waals surface area contributed by atoms with Crippen molar-refractivity contribution in [3.8, 4) is 28.5 Å². The van der Waals surface area contributed by atoms with Gasteiger partial charge in [0.1, 0.15) is 5.75 Å². The molecule has 4 rings (SSSR count). The van der Waals surface area contributed by atoms with E-state index in [9.17, 15) is 4.79 Å². The van der Waals surface area contributed by atoms with Gasteiger partial charge in [-0.3, -0.25) is 4.79 Å². The van der Waals surface area contributed by atoms with Gasteiger partial charge < -0.3 is 24.0 Å². The molecule has 0 spiro atoms. The number of amides is 1. The Morgan fingerprint density at radius 2 is 1.52 bits per heavy atom. The lowest BCUT2D eigenvalue weighted by molar-refractivity contribution is -0.133. The van der Waals surface area contributed by atoms with E-state index < -0.39 is 0 Å². The lowest BCUT2D eigenvalue weighted by Crippen LogP contribution is -2.50. The summed E-state index contributed by atoms with van der Waals surface area (Å²) in [4.78, 5) is 16.6. The Morgan fingerprint density at radius 1 is 0.848 bits per heavy atom. The summed E-state index contributed by atoms with van der Waals surface area (Å²) >= 11 is 0. The molecule has 0 N–H and O–H groups in total. The summed E-state index contributed by atoms with van der Waals surface area (Å²) in [6.45, 7) is 5.01. The number of carbonyl (C=O) groups is 1. The first-order valence-electron chi connectivity index (χ1n) is 11.0. The normalized spacial score (nSPS) is 13.5. The molecule has 0 saturated carbocycles. The molecule has 1 aliphatic rings. The number of benzene rings is 2. The smallest absolute Gasteiger partial charge is 0.260 e. The van der Waals surface area contributed by atoms with Crippen LogP contribution >= 0.6 is 0 Å². The predicted molar refractivity (Wildman–Crippen MR) is 126 cm³/mol. The van der Waals surface area contributed by atoms with Gasteiger partial charge in [0.2, 0.25) is 0 Å². The third-order valence-corrected chi connectivity index (χ3v) is 5.49. The molecule has 0 radical (unpaired) electrons. The first-order valence-corrected chi connectivity index (χ1v) is 11.0. The fourth-order valence-electron chi connectivity index (χ4n) is 3.75. The second kappa shape index (κ2) is 10.7. The van der Waals surface area contributed by atoms with E-state index in [0.717, 1.165) is 22.8 Å². The Labute approximate surface area is 193 Å². The van der Waals surface area contributed by atoms with Crippen molar-refractivity contribution in [3.63, 3.8) is 0 Å². The molecule has 0 atom stereocenters. The lowest BCUT2D eigenvalue weighted by Gasteiger charge is -2.35. The van der Waals surface area contributed by atoms with E-state index in [1.54, 1.807) is 7.11 Å². The summed E-state index contributed by atoms with van der Waals surface area (Å²) in [5.41, 5.74) is 1.66. The van der Waals surface area contributed by atoms with Crippen LogP contribution < -0.4 is 19.1 Å². The highest BCUT2D eigenvalue weighted by atomic mass is 16.5. The van der Waals surface area contributed by atoms with Gasteiger partial charge in [0.15, 0.2) is 23.9 Å². The average molecular weight is 449 g/mol. The first kappa shape index (κ1) is 22.4. The molecule has 2 heterocycles. The molecule has 33 heavy (non-hydrogen) atoms. The Kier molecular flexibility index (Phi) is 7.24. The van der Waals surface area contributed by atoms with Crippen LogP contribution in [0.25, 0.3) is 11.3 Å². The van der Waals surface area contributed by atoms with Crippen molar-refractivity contribution in [1.29, 1.82) is 0 Å². The zero-order chi connectivity index (χ0) is 23.0. The van der Waals surface area contributed by atoms with Gasteiger partial charge in [-0.15, -0.1) is 10.2 Å². The van der Waals surface area contributed by atoms with Crippen LogP contribution in [0.5, 0.6) is 17.2 Å². The minimum absolute atomic E-state index is 0.0164. The van der Waals surface area contributed by atoms with E-state index in [2.05, 4.69) is 15.1 Å². The van der Waals surface area contributed by atoms with Crippen LogP contribution in [0.15, 0.2) is 60.7 Å². The van der Waals surface area contributed by atoms with E-state index >= 15 is 0 Å². The van der Waals surface area contributed by atoms with E-state index in [4.69, 9.17) is 14.2 Å². The number of rotatable bonds is 8. The van der Waals surface area contributed by atoms with Crippen LogP contribution in [0, 0.1) is 0 Å². The molecule has 0 bridgehead atoms. The maximum absolute atomic E-state index is 12.6. The van der Waals surface area contributed by atoms with Crippen molar-refractivity contribution in [2.45, 2.75) is 6.92 Å². The van der Waals surface area contributed by atoms with Gasteiger partial charge in [-0.05, 0) is 43.3 Å². The molecule has 1 fully saturated rings. The zero-order valence-corrected chi connectivity index (χ0v) is 18.9. The number of carbonyl (C=O) groups excluding carboxylic acids is 1. The summed E-state index contributed by atoms with van der Waals surface area (Å²) in [6.07, 6.45) is 0. The highest BCUT2D eigenvalue weighted by molar-refractivity contribution is 5.78. The largest absolute Gasteiger partial charge is 0.496 e. The molecule has 2 aromatic carbocycles. The summed E-state index contributed by atoms with van der Waals surface area (Å²) in [6, 6.07) is 19.0. The van der Waals surface area contributed by atoms with Gasteiger partial charge in [-0.25, -0.2) is 0 Å². The Bertz CT molecular complexity index is 1070. The third-order valence-electron chi connectivity index (χ3n) is 5.49. The molecule has 1 amide bonds. The number of nitrogens with zero attached hydrogens (tertiary/aromatic N) is 4. The van der Waals surface area contributed by atoms with Crippen molar-refractivity contribution < 1.29 is 19.0 Å². The molecule has 1 aliphatic heterocycles. The van der Waals surface area contributed by atoms with Crippen LogP contribution in [-0.2, 0) is 4.79 Å². The zero-order valence-electron chi connectivity index (χ0n) is 18.9. The maximum Gasteiger partial charge on any atom is 0.260 e. The van der Waals surface area contributed by atoms with Crippen LogP contribution in [0.2, 0.25) is 0 Å². The van der Waals surface area contributed by atoms with Crippen molar-refractivity contribution >= 4 is 11.7 Å². The second-order valence-electron chi connectivity index (χ2n) is 7.51. The van der Waals surface area contributed by atoms with Crippen molar-refractivity contribution in [2.24, 2.45) is 0 Å². The van der Waals surface area contributed by atoms with Crippen LogP contribution in [-0.4, -0.2) is 67.5 Å². The number of hydrogen-bond donors (Lipinski definition) is 0. The van der Waals surface area contributed by atoms with E-state index in [-0.39, 0.29) is 12.5 Å². The molecule has 0 aliphatic carbocycles. The van der Waals surface area contributed by atoms with E-state index in [1.165, 1.54) is 0 Å². The monoisotopic (exact) mass is 448 g/mol. The minimum atomic E-state index is -0.0430. The van der Waals surface area contributed by atoms with Gasteiger partial charge in [0, 0.05) is 31.7 Å². The van der Waals surface area contributed by atoms with Gasteiger partial charge in [0.05, 0.1) is 19.4 Å². The average Bonchev–Trinajstić information content (AvgIpc) is 2.88. The first-order chi connectivity index (χ1) is 16.2. The molecule has 1 aromatic heterocycles. The highest BCUT2D eigenvalue weighted by Gasteiger charge is 2.23. The molecule has 3 aromatic rings. The van der Waals surface area contributed by atoms with Gasteiger partial charge in [0.25, 0.3) is 5.91 Å². The number of para-hydroxylation sites is 3. The quantitative estimate of drug-likeness (QED) is 0.523. The molecule has 1 saturated heterocycles. The fraction of sp³-hybridized carbons (Fsp3) is 0.320. The summed E-state index contributed by atoms with van der Waals surface area (Å²) in [5.74, 6) is 2.74. The number of piperazine rings is 1. The van der Waals surface area contributed by atoms with E-state index in [0.29, 0.717) is 44.3 Å². The number of anilines is 1. The summed E-state index contributed by atoms with van der Waals surface area (Å²) in [5, 5.41) is 8.79. The van der Waals surface area contributed by atoms with Gasteiger partial charge in [-0.2, -0.15) is 0 Å². The molecular weight excluding hydrogens is 420 g/mol. The van der Waals surface area contributed by atoms with Crippen LogP contribution in [0.3, 0.4) is 0 Å². The maximum atomic E-state index is 12.6. The molecule has 8 heteroatoms. The standard InChI is InChI=1S/C25H28N4O4/c1-3-32-22-10-6-7-11-23(22)33-18-25(30)29-16-14-28(15-17-29)24-13-12-20(26-27-24)19-8-4-5-9-21(19)31-2/h4-13H,3,14-18H2,1-2H3. The highest BCUT2D eigenvalue weighted by Crippen LogP contribution is 2.28. The molecule has 0 unspecified atom stereocenters. The second-order valence-corrected chi connectivity index (χ2v) is 7.51. The van der Waals surface area contributed by atoms with Crippen molar-refractivity contribution in [1.82, 2.24) is 15.1 Å². The number of methoxy groups -OCH3 is 1. The summed E-state index contributed by atoms with van der Waals surface area (Å²) < 4.78 is 16.7. The fourth-order valence-corrected chi connectivity index (χ4v) is 3.75. The summed E-state index contributed by atoms with van der Waals surface area (Å²) in [7, 11) is 1.64. The van der Waals surface area contributed by atoms with Crippen LogP contribution in [0.1, 0.15) is 6.92 Å². The Morgan fingerprint density at radius 3 is 2.15 bits per heavy atom. The third kappa shape index (κ3) is 5.34. The predicted octanol–water partition coefficient (Wildman–Crippen LogP) is 3.28. The van der Waals surface area contributed by atoms with Gasteiger partial charge >= 0.3 is 0 Å². The molecule has 172 valence electrons. The Balaban J connectivity index is 1.31. The van der Waals surface area contributed by atoms with Crippen molar-refractivity contribution in [3.05, 3.63) is 60.7 Å². The number of aromatic nitrogens is 2. The SMILES string of the molecule is CCOc1ccccc1OCC(=O)N1CCN(c2ccc(-c3ccccc3OC)nn2)CC1. The Hall–Kier alpha value is -3.81. The molecular formula is C25H28N4O4. The topological polar surface area (TPSA) is 77.0 Å². The minimum Gasteiger partial charge on any atom is -0.496 e. The van der Waals surface area contributed by atoms with E-state index in [1.807, 2.05) is 72.5 Å². The van der Waals surface area contributed by atoms with Crippen molar-refractivity contribution in [2.75, 3.05) is 51.4 Å². The lowest BCUT2D eigenvalue weighted by atomic mass is 10.1.